The van der Waals surface area contributed by atoms with E-state index >= 15 is 0 Å². The van der Waals surface area contributed by atoms with Crippen LogP contribution in [-0.4, -0.2) is 16.5 Å². The normalized spacial score (nSPS) is 21.3. The predicted molar refractivity (Wildman–Crippen MR) is 71.3 cm³/mol. The summed E-state index contributed by atoms with van der Waals surface area (Å²) in [5, 5.41) is 3.31. The molecule has 1 fully saturated rings. The molecule has 0 amide bonds. The van der Waals surface area contributed by atoms with Crippen LogP contribution in [0, 0.1) is 5.41 Å². The molecule has 3 heteroatoms. The summed E-state index contributed by atoms with van der Waals surface area (Å²) in [6.07, 6.45) is 3.39. The Morgan fingerprint density at radius 3 is 2.59 bits per heavy atom. The van der Waals surface area contributed by atoms with E-state index in [4.69, 9.17) is 4.98 Å². The van der Waals surface area contributed by atoms with Gasteiger partial charge in [0.05, 0.1) is 0 Å². The van der Waals surface area contributed by atoms with Gasteiger partial charge in [0.2, 0.25) is 0 Å². The van der Waals surface area contributed by atoms with Crippen LogP contribution in [0.3, 0.4) is 0 Å². The fraction of sp³-hybridized carbons (Fsp3) is 0.714. The van der Waals surface area contributed by atoms with Crippen LogP contribution < -0.4 is 5.32 Å². The lowest BCUT2D eigenvalue weighted by Gasteiger charge is -2.09. The lowest BCUT2D eigenvalue weighted by Crippen LogP contribution is -2.07. The molecule has 1 saturated carbocycles. The van der Waals surface area contributed by atoms with Crippen LogP contribution in [0.1, 0.15) is 58.0 Å². The molecule has 0 aliphatic heterocycles. The fourth-order valence-electron chi connectivity index (χ4n) is 2.24. The number of nitrogens with one attached hydrogen (secondary N) is 1. The van der Waals surface area contributed by atoms with Crippen molar-refractivity contribution < 1.29 is 0 Å². The van der Waals surface area contributed by atoms with E-state index in [1.807, 2.05) is 0 Å². The van der Waals surface area contributed by atoms with Crippen molar-refractivity contribution in [3.05, 3.63) is 17.6 Å². The highest BCUT2D eigenvalue weighted by molar-refractivity contribution is 5.37. The van der Waals surface area contributed by atoms with Gasteiger partial charge in [-0.1, -0.05) is 27.2 Å². The van der Waals surface area contributed by atoms with Gasteiger partial charge in [0.25, 0.3) is 0 Å². The van der Waals surface area contributed by atoms with E-state index in [9.17, 15) is 0 Å². The van der Waals surface area contributed by atoms with E-state index in [1.165, 1.54) is 12.1 Å². The van der Waals surface area contributed by atoms with Crippen LogP contribution in [0.25, 0.3) is 0 Å². The number of rotatable bonds is 5. The van der Waals surface area contributed by atoms with Crippen molar-refractivity contribution in [2.75, 3.05) is 11.9 Å². The second-order valence-electron chi connectivity index (χ2n) is 5.63. The molecule has 2 rings (SSSR count). The van der Waals surface area contributed by atoms with Crippen molar-refractivity contribution in [1.82, 2.24) is 9.97 Å². The predicted octanol–water partition coefficient (Wildman–Crippen LogP) is 3.37. The first-order chi connectivity index (χ1) is 8.06. The topological polar surface area (TPSA) is 37.8 Å². The van der Waals surface area contributed by atoms with Crippen molar-refractivity contribution in [2.24, 2.45) is 5.41 Å². The maximum Gasteiger partial charge on any atom is 0.134 e. The van der Waals surface area contributed by atoms with Crippen molar-refractivity contribution in [3.8, 4) is 0 Å². The van der Waals surface area contributed by atoms with Crippen LogP contribution in [-0.2, 0) is 6.42 Å². The summed E-state index contributed by atoms with van der Waals surface area (Å²) < 4.78 is 0. The molecular formula is C14H23N3. The maximum absolute atomic E-state index is 4.71. The molecule has 3 nitrogen and oxygen atoms in total. The molecule has 0 saturated heterocycles. The third-order valence-electron chi connectivity index (χ3n) is 3.49. The Labute approximate surface area is 104 Å². The monoisotopic (exact) mass is 233 g/mol. The number of nitrogens with zero attached hydrogens (tertiary/aromatic N) is 2. The zero-order valence-electron chi connectivity index (χ0n) is 11.4. The summed E-state index contributed by atoms with van der Waals surface area (Å²) in [5.74, 6) is 2.58. The van der Waals surface area contributed by atoms with Crippen LogP contribution in [0.4, 0.5) is 5.82 Å². The molecule has 0 aromatic carbocycles. The molecular weight excluding hydrogens is 210 g/mol. The summed E-state index contributed by atoms with van der Waals surface area (Å²) in [6.45, 7) is 9.79. The molecule has 1 unspecified atom stereocenters. The molecule has 1 heterocycles. The molecule has 0 spiro atoms. The van der Waals surface area contributed by atoms with E-state index in [1.54, 1.807) is 0 Å². The van der Waals surface area contributed by atoms with Gasteiger partial charge in [-0.05, 0) is 25.2 Å². The van der Waals surface area contributed by atoms with E-state index < -0.39 is 0 Å². The second-order valence-corrected chi connectivity index (χ2v) is 5.63. The summed E-state index contributed by atoms with van der Waals surface area (Å²) in [5.41, 5.74) is 1.57. The smallest absolute Gasteiger partial charge is 0.134 e. The van der Waals surface area contributed by atoms with Crippen molar-refractivity contribution in [1.29, 1.82) is 0 Å². The average Bonchev–Trinajstić information content (AvgIpc) is 2.88. The Hall–Kier alpha value is -1.12. The molecule has 1 aromatic rings. The SMILES string of the molecule is CCCc1cc(NCC)nc(C2CC2(C)C)n1. The lowest BCUT2D eigenvalue weighted by molar-refractivity contribution is 0.606. The number of anilines is 1. The van der Waals surface area contributed by atoms with Gasteiger partial charge in [0.1, 0.15) is 11.6 Å². The molecule has 1 N–H and O–H groups in total. The number of aromatic nitrogens is 2. The molecule has 1 aliphatic rings. The molecule has 0 radical (unpaired) electrons. The summed E-state index contributed by atoms with van der Waals surface area (Å²) in [7, 11) is 0. The minimum Gasteiger partial charge on any atom is -0.370 e. The molecule has 94 valence electrons. The Morgan fingerprint density at radius 2 is 2.06 bits per heavy atom. The number of hydrogen-bond acceptors (Lipinski definition) is 3. The van der Waals surface area contributed by atoms with E-state index in [0.717, 1.165) is 31.0 Å². The zero-order valence-corrected chi connectivity index (χ0v) is 11.4. The van der Waals surface area contributed by atoms with Crippen molar-refractivity contribution in [3.63, 3.8) is 0 Å². The highest BCUT2D eigenvalue weighted by atomic mass is 15.0. The zero-order chi connectivity index (χ0) is 12.5. The van der Waals surface area contributed by atoms with Crippen LogP contribution in [0.2, 0.25) is 0 Å². The number of aryl methyl sites for hydroxylation is 1. The molecule has 1 aliphatic carbocycles. The van der Waals surface area contributed by atoms with Crippen LogP contribution in [0.5, 0.6) is 0 Å². The average molecular weight is 233 g/mol. The fourth-order valence-corrected chi connectivity index (χ4v) is 2.24. The first kappa shape index (κ1) is 12.3. The van der Waals surface area contributed by atoms with Gasteiger partial charge in [-0.3, -0.25) is 0 Å². The number of hydrogen-bond donors (Lipinski definition) is 1. The van der Waals surface area contributed by atoms with Gasteiger partial charge in [0.15, 0.2) is 0 Å². The molecule has 1 aromatic heterocycles. The van der Waals surface area contributed by atoms with E-state index in [-0.39, 0.29) is 0 Å². The minimum absolute atomic E-state index is 0.397. The summed E-state index contributed by atoms with van der Waals surface area (Å²) in [4.78, 5) is 9.35. The maximum atomic E-state index is 4.71. The highest BCUT2D eigenvalue weighted by Gasteiger charge is 2.48. The Morgan fingerprint density at radius 1 is 1.35 bits per heavy atom. The standard InChI is InChI=1S/C14H23N3/c1-5-7-10-8-12(15-6-2)17-13(16-10)11-9-14(11,3)4/h8,11H,5-7,9H2,1-4H3,(H,15,16,17). The van der Waals surface area contributed by atoms with Crippen LogP contribution in [0.15, 0.2) is 6.07 Å². The lowest BCUT2D eigenvalue weighted by atomic mass is 10.1. The van der Waals surface area contributed by atoms with Crippen molar-refractivity contribution >= 4 is 5.82 Å². The van der Waals surface area contributed by atoms with Crippen LogP contribution >= 0.6 is 0 Å². The van der Waals surface area contributed by atoms with Crippen molar-refractivity contribution in [2.45, 2.75) is 52.9 Å². The van der Waals surface area contributed by atoms with E-state index in [2.05, 4.69) is 44.1 Å². The first-order valence-corrected chi connectivity index (χ1v) is 6.68. The van der Waals surface area contributed by atoms with Gasteiger partial charge < -0.3 is 5.32 Å². The Kier molecular flexibility index (Phi) is 3.36. The molecule has 17 heavy (non-hydrogen) atoms. The largest absolute Gasteiger partial charge is 0.370 e. The van der Waals surface area contributed by atoms with Gasteiger partial charge in [-0.25, -0.2) is 9.97 Å². The third-order valence-corrected chi connectivity index (χ3v) is 3.49. The summed E-state index contributed by atoms with van der Waals surface area (Å²) in [6, 6.07) is 2.09. The first-order valence-electron chi connectivity index (χ1n) is 6.68. The molecule has 1 atom stereocenters. The summed E-state index contributed by atoms with van der Waals surface area (Å²) >= 11 is 0. The van der Waals surface area contributed by atoms with Gasteiger partial charge in [-0.15, -0.1) is 0 Å². The van der Waals surface area contributed by atoms with Gasteiger partial charge in [-0.2, -0.15) is 0 Å². The highest BCUT2D eigenvalue weighted by Crippen LogP contribution is 2.57. The van der Waals surface area contributed by atoms with E-state index in [0.29, 0.717) is 11.3 Å². The Bertz CT molecular complexity index is 374. The second kappa shape index (κ2) is 4.63. The minimum atomic E-state index is 0.397. The quantitative estimate of drug-likeness (QED) is 0.847. The van der Waals surface area contributed by atoms with Gasteiger partial charge in [0, 0.05) is 24.2 Å². The van der Waals surface area contributed by atoms with Gasteiger partial charge >= 0.3 is 0 Å². The Balaban J connectivity index is 2.25. The third kappa shape index (κ3) is 2.76. The molecule has 0 bridgehead atoms.